The second-order valence-electron chi connectivity index (χ2n) is 9.78. The van der Waals surface area contributed by atoms with E-state index in [4.69, 9.17) is 0 Å². The highest BCUT2D eigenvalue weighted by atomic mass is 31.1. The standard InChI is InChI=1S/C34H28OP/c1-22-18-23(2)32(24(3)19-22)31-21-29-28-17-11-10-14-26(28)20-30(29)34(33(31)25-12-6-4-7-13-25)36(35)27-15-8-5-9-16-27/h4-19,21H,20H2,1-3H3/q+1. The zero-order chi connectivity index (χ0) is 24.8. The first-order valence-corrected chi connectivity index (χ1v) is 13.7. The summed E-state index contributed by atoms with van der Waals surface area (Å²) < 4.78 is 14.5. The third-order valence-corrected chi connectivity index (χ3v) is 8.95. The smallest absolute Gasteiger partial charge is 0.0622 e. The Labute approximate surface area is 214 Å². The van der Waals surface area contributed by atoms with Crippen molar-refractivity contribution in [1.29, 1.82) is 0 Å². The maximum absolute atomic E-state index is 14.5. The van der Waals surface area contributed by atoms with Gasteiger partial charge in [0.05, 0.1) is 0 Å². The quantitative estimate of drug-likeness (QED) is 0.231. The minimum atomic E-state index is -1.80. The van der Waals surface area contributed by atoms with Crippen LogP contribution in [-0.2, 0) is 11.0 Å². The first-order chi connectivity index (χ1) is 17.5. The molecule has 6 rings (SSSR count). The number of fused-ring (bicyclic) bond motifs is 3. The Morgan fingerprint density at radius 3 is 1.92 bits per heavy atom. The van der Waals surface area contributed by atoms with E-state index in [9.17, 15) is 4.57 Å². The molecular weight excluding hydrogens is 455 g/mol. The van der Waals surface area contributed by atoms with Crippen molar-refractivity contribution >= 4 is 18.4 Å². The van der Waals surface area contributed by atoms with Crippen molar-refractivity contribution in [2.45, 2.75) is 27.2 Å². The third kappa shape index (κ3) is 3.72. The molecule has 1 aliphatic carbocycles. The van der Waals surface area contributed by atoms with Crippen molar-refractivity contribution in [1.82, 2.24) is 0 Å². The maximum atomic E-state index is 14.5. The van der Waals surface area contributed by atoms with Gasteiger partial charge in [0, 0.05) is 17.5 Å². The fraction of sp³-hybridized carbons (Fsp3) is 0.118. The fourth-order valence-corrected chi connectivity index (χ4v) is 7.47. The second kappa shape index (κ2) is 9.01. The van der Waals surface area contributed by atoms with Crippen LogP contribution >= 0.6 is 7.80 Å². The lowest BCUT2D eigenvalue weighted by molar-refractivity contribution is 0.598. The molecule has 0 amide bonds. The molecule has 0 saturated heterocycles. The molecule has 0 heterocycles. The van der Waals surface area contributed by atoms with Crippen LogP contribution in [0.15, 0.2) is 103 Å². The van der Waals surface area contributed by atoms with Gasteiger partial charge >= 0.3 is 7.80 Å². The van der Waals surface area contributed by atoms with Gasteiger partial charge in [-0.15, -0.1) is 0 Å². The van der Waals surface area contributed by atoms with Gasteiger partial charge < -0.3 is 0 Å². The highest BCUT2D eigenvalue weighted by Crippen LogP contribution is 2.47. The highest BCUT2D eigenvalue weighted by molar-refractivity contribution is 7.62. The topological polar surface area (TPSA) is 17.1 Å². The summed E-state index contributed by atoms with van der Waals surface area (Å²) in [7, 11) is -1.80. The molecule has 5 aromatic rings. The van der Waals surface area contributed by atoms with E-state index in [1.165, 1.54) is 50.1 Å². The summed E-state index contributed by atoms with van der Waals surface area (Å²) in [4.78, 5) is 0. The van der Waals surface area contributed by atoms with Crippen molar-refractivity contribution in [3.63, 3.8) is 0 Å². The Balaban J connectivity index is 1.77. The van der Waals surface area contributed by atoms with Gasteiger partial charge in [0.15, 0.2) is 5.30 Å². The Morgan fingerprint density at radius 2 is 1.22 bits per heavy atom. The zero-order valence-corrected chi connectivity index (χ0v) is 21.8. The van der Waals surface area contributed by atoms with Crippen LogP contribution in [0.1, 0.15) is 27.8 Å². The van der Waals surface area contributed by atoms with Gasteiger partial charge in [-0.1, -0.05) is 95.1 Å². The van der Waals surface area contributed by atoms with Crippen LogP contribution in [0.2, 0.25) is 0 Å². The highest BCUT2D eigenvalue weighted by Gasteiger charge is 2.38. The average molecular weight is 484 g/mol. The SMILES string of the molecule is Cc1cc(C)c(-c2cc3c(c([P+](=O)c4ccccc4)c2-c2ccccc2)Cc2ccccc2-3)c(C)c1. The van der Waals surface area contributed by atoms with Crippen molar-refractivity contribution in [2.75, 3.05) is 0 Å². The summed E-state index contributed by atoms with van der Waals surface area (Å²) in [6, 6.07) is 36.0. The summed E-state index contributed by atoms with van der Waals surface area (Å²) in [6.07, 6.45) is 0.806. The average Bonchev–Trinajstić information content (AvgIpc) is 3.26. The molecule has 36 heavy (non-hydrogen) atoms. The molecule has 2 heteroatoms. The van der Waals surface area contributed by atoms with E-state index in [0.29, 0.717) is 0 Å². The van der Waals surface area contributed by atoms with Crippen LogP contribution in [0.4, 0.5) is 0 Å². The largest absolute Gasteiger partial charge is 0.416 e. The van der Waals surface area contributed by atoms with Crippen LogP contribution in [0, 0.1) is 20.8 Å². The molecule has 0 radical (unpaired) electrons. The van der Waals surface area contributed by atoms with Crippen LogP contribution < -0.4 is 10.6 Å². The van der Waals surface area contributed by atoms with E-state index in [1.54, 1.807) is 0 Å². The monoisotopic (exact) mass is 483 g/mol. The molecule has 1 atom stereocenters. The Bertz CT molecular complexity index is 1610. The molecule has 1 aliphatic rings. The number of rotatable bonds is 4. The van der Waals surface area contributed by atoms with Gasteiger partial charge in [-0.05, 0) is 83.5 Å². The van der Waals surface area contributed by atoms with E-state index in [-0.39, 0.29) is 0 Å². The van der Waals surface area contributed by atoms with Gasteiger partial charge in [-0.2, -0.15) is 0 Å². The fourth-order valence-electron chi connectivity index (χ4n) is 5.87. The first kappa shape index (κ1) is 22.7. The van der Waals surface area contributed by atoms with Gasteiger partial charge in [-0.3, -0.25) is 0 Å². The van der Waals surface area contributed by atoms with Gasteiger partial charge in [0.25, 0.3) is 0 Å². The van der Waals surface area contributed by atoms with E-state index in [0.717, 1.165) is 28.2 Å². The van der Waals surface area contributed by atoms with Crippen LogP contribution in [0.3, 0.4) is 0 Å². The number of hydrogen-bond acceptors (Lipinski definition) is 1. The lowest BCUT2D eigenvalue weighted by atomic mass is 9.85. The van der Waals surface area contributed by atoms with Crippen LogP contribution in [-0.4, -0.2) is 0 Å². The van der Waals surface area contributed by atoms with Crippen molar-refractivity contribution in [2.24, 2.45) is 0 Å². The van der Waals surface area contributed by atoms with Crippen molar-refractivity contribution in [3.8, 4) is 33.4 Å². The Kier molecular flexibility index (Phi) is 5.67. The van der Waals surface area contributed by atoms with Crippen molar-refractivity contribution < 1.29 is 4.57 Å². The molecule has 0 aliphatic heterocycles. The molecular formula is C34H28OP+. The van der Waals surface area contributed by atoms with Gasteiger partial charge in [-0.25, -0.2) is 0 Å². The predicted octanol–water partition coefficient (Wildman–Crippen LogP) is 8.30. The van der Waals surface area contributed by atoms with E-state index in [1.807, 2.05) is 36.4 Å². The summed E-state index contributed by atoms with van der Waals surface area (Å²) >= 11 is 0. The molecule has 0 saturated carbocycles. The second-order valence-corrected chi connectivity index (χ2v) is 11.3. The molecule has 0 fully saturated rings. The van der Waals surface area contributed by atoms with Crippen molar-refractivity contribution in [3.05, 3.63) is 131 Å². The van der Waals surface area contributed by atoms with Gasteiger partial charge in [0.2, 0.25) is 5.30 Å². The molecule has 5 aromatic carbocycles. The Hall–Kier alpha value is -3.80. The lowest BCUT2D eigenvalue weighted by Crippen LogP contribution is -2.16. The summed E-state index contributed by atoms with van der Waals surface area (Å²) in [5.74, 6) is 0. The zero-order valence-electron chi connectivity index (χ0n) is 20.9. The van der Waals surface area contributed by atoms with Gasteiger partial charge in [0.1, 0.15) is 0 Å². The van der Waals surface area contributed by atoms with E-state index in [2.05, 4.69) is 87.5 Å². The number of aryl methyl sites for hydroxylation is 3. The third-order valence-electron chi connectivity index (χ3n) is 7.28. The minimum Gasteiger partial charge on any atom is -0.0622 e. The van der Waals surface area contributed by atoms with Crippen LogP contribution in [0.5, 0.6) is 0 Å². The molecule has 0 spiro atoms. The predicted molar refractivity (Wildman–Crippen MR) is 153 cm³/mol. The molecule has 0 bridgehead atoms. The summed E-state index contributed by atoms with van der Waals surface area (Å²) in [5, 5.41) is 1.85. The molecule has 0 N–H and O–H groups in total. The summed E-state index contributed by atoms with van der Waals surface area (Å²) in [5.41, 5.74) is 13.4. The maximum Gasteiger partial charge on any atom is 0.416 e. The number of benzene rings is 5. The molecule has 1 unspecified atom stereocenters. The van der Waals surface area contributed by atoms with E-state index >= 15 is 0 Å². The minimum absolute atomic E-state index is 0.806. The molecule has 1 nitrogen and oxygen atoms in total. The normalized spacial score (nSPS) is 12.2. The lowest BCUT2D eigenvalue weighted by Gasteiger charge is -2.19. The van der Waals surface area contributed by atoms with E-state index < -0.39 is 7.80 Å². The first-order valence-electron chi connectivity index (χ1n) is 12.5. The Morgan fingerprint density at radius 1 is 0.611 bits per heavy atom. The van der Waals surface area contributed by atoms with Crippen LogP contribution in [0.25, 0.3) is 33.4 Å². The number of hydrogen-bond donors (Lipinski definition) is 0. The molecule has 0 aromatic heterocycles. The summed E-state index contributed by atoms with van der Waals surface area (Å²) in [6.45, 7) is 6.54. The molecule has 174 valence electrons.